The highest BCUT2D eigenvalue weighted by Gasteiger charge is 2.25. The number of hydrogen-bond donors (Lipinski definition) is 2. The maximum atomic E-state index is 6.01. The van der Waals surface area contributed by atoms with Crippen molar-refractivity contribution in [2.75, 3.05) is 60.5 Å². The second-order valence-corrected chi connectivity index (χ2v) is 7.60. The Labute approximate surface area is 177 Å². The molecule has 0 aromatic rings. The highest BCUT2D eigenvalue weighted by Crippen LogP contribution is 2.30. The van der Waals surface area contributed by atoms with E-state index in [1.54, 1.807) is 0 Å². The van der Waals surface area contributed by atoms with Crippen LogP contribution < -0.4 is 10.6 Å². The molecular formula is C19H40IN5O. The fourth-order valence-corrected chi connectivity index (χ4v) is 4.09. The Morgan fingerprint density at radius 3 is 2.58 bits per heavy atom. The first-order valence-corrected chi connectivity index (χ1v) is 10.1. The quantitative estimate of drug-likeness (QED) is 0.316. The van der Waals surface area contributed by atoms with Crippen LogP contribution in [0.4, 0.5) is 0 Å². The molecule has 0 amide bonds. The molecule has 6 nitrogen and oxygen atoms in total. The van der Waals surface area contributed by atoms with Gasteiger partial charge in [0.1, 0.15) is 0 Å². The average molecular weight is 481 g/mol. The van der Waals surface area contributed by atoms with E-state index in [2.05, 4.69) is 46.4 Å². The Morgan fingerprint density at radius 1 is 1.19 bits per heavy atom. The molecule has 26 heavy (non-hydrogen) atoms. The van der Waals surface area contributed by atoms with Crippen molar-refractivity contribution in [1.29, 1.82) is 0 Å². The molecule has 0 aromatic carbocycles. The van der Waals surface area contributed by atoms with Gasteiger partial charge in [0.15, 0.2) is 5.96 Å². The molecule has 0 spiro atoms. The summed E-state index contributed by atoms with van der Waals surface area (Å²) < 4.78 is 6.01. The van der Waals surface area contributed by atoms with Crippen molar-refractivity contribution in [1.82, 2.24) is 20.4 Å². The summed E-state index contributed by atoms with van der Waals surface area (Å²) in [5, 5.41) is 6.97. The van der Waals surface area contributed by atoms with Crippen LogP contribution in [0.5, 0.6) is 0 Å². The Kier molecular flexibility index (Phi) is 12.1. The maximum Gasteiger partial charge on any atom is 0.191 e. The van der Waals surface area contributed by atoms with Crippen LogP contribution in [0.1, 0.15) is 39.0 Å². The third kappa shape index (κ3) is 7.86. The van der Waals surface area contributed by atoms with Gasteiger partial charge in [0, 0.05) is 52.4 Å². The molecule has 1 heterocycles. The number of ether oxygens (including phenoxy) is 1. The van der Waals surface area contributed by atoms with Crippen molar-refractivity contribution in [2.24, 2.45) is 10.9 Å². The van der Waals surface area contributed by atoms with E-state index in [1.165, 1.54) is 25.7 Å². The number of likely N-dealkylation sites (N-methyl/N-ethyl adjacent to an activating group) is 2. The summed E-state index contributed by atoms with van der Waals surface area (Å²) in [6.07, 6.45) is 6.86. The molecule has 1 saturated carbocycles. The van der Waals surface area contributed by atoms with Crippen molar-refractivity contribution < 1.29 is 4.74 Å². The van der Waals surface area contributed by atoms with Crippen molar-refractivity contribution >= 4 is 29.9 Å². The van der Waals surface area contributed by atoms with Crippen LogP contribution in [0, 0.1) is 5.92 Å². The van der Waals surface area contributed by atoms with Crippen LogP contribution in [0.3, 0.4) is 0 Å². The van der Waals surface area contributed by atoms with E-state index < -0.39 is 0 Å². The summed E-state index contributed by atoms with van der Waals surface area (Å²) in [5.74, 6) is 1.66. The Bertz CT molecular complexity index is 403. The number of guanidine groups is 1. The minimum absolute atomic E-state index is 0. The fraction of sp³-hybridized carbons (Fsp3) is 0.947. The molecule has 1 saturated heterocycles. The number of nitrogens with one attached hydrogen (secondary N) is 2. The van der Waals surface area contributed by atoms with Crippen LogP contribution in [0.2, 0.25) is 0 Å². The van der Waals surface area contributed by atoms with E-state index >= 15 is 0 Å². The van der Waals surface area contributed by atoms with Gasteiger partial charge in [-0.05, 0) is 46.2 Å². The molecule has 2 aliphatic rings. The van der Waals surface area contributed by atoms with Crippen molar-refractivity contribution in [2.45, 2.75) is 51.2 Å². The van der Waals surface area contributed by atoms with E-state index in [4.69, 9.17) is 4.74 Å². The van der Waals surface area contributed by atoms with E-state index in [1.807, 2.05) is 7.05 Å². The fourth-order valence-electron chi connectivity index (χ4n) is 4.09. The van der Waals surface area contributed by atoms with Gasteiger partial charge < -0.3 is 20.3 Å². The Morgan fingerprint density at radius 2 is 1.92 bits per heavy atom. The van der Waals surface area contributed by atoms with Gasteiger partial charge in [0.05, 0.1) is 6.10 Å². The lowest BCUT2D eigenvalue weighted by Gasteiger charge is -2.38. The summed E-state index contributed by atoms with van der Waals surface area (Å²) in [4.78, 5) is 9.21. The first-order chi connectivity index (χ1) is 12.1. The number of halogens is 1. The predicted molar refractivity (Wildman–Crippen MR) is 121 cm³/mol. The predicted octanol–water partition coefficient (Wildman–Crippen LogP) is 2.00. The van der Waals surface area contributed by atoms with Crippen molar-refractivity contribution in [3.8, 4) is 0 Å². The van der Waals surface area contributed by atoms with Gasteiger partial charge in [-0.25, -0.2) is 0 Å². The van der Waals surface area contributed by atoms with E-state index in [0.717, 1.165) is 57.6 Å². The molecular weight excluding hydrogens is 441 g/mol. The average Bonchev–Trinajstić information content (AvgIpc) is 3.14. The summed E-state index contributed by atoms with van der Waals surface area (Å²) >= 11 is 0. The molecule has 7 heteroatoms. The van der Waals surface area contributed by atoms with Crippen LogP contribution in [-0.4, -0.2) is 88.4 Å². The number of rotatable bonds is 8. The van der Waals surface area contributed by atoms with Gasteiger partial charge in [-0.2, -0.15) is 0 Å². The third-order valence-electron chi connectivity index (χ3n) is 5.74. The number of piperazine rings is 1. The SMILES string of the molecule is CCOC(CCNC(=NC)NCC1CN(C)CCN1C)C1CCCC1.I. The molecule has 2 unspecified atom stereocenters. The summed E-state index contributed by atoms with van der Waals surface area (Å²) in [7, 11) is 6.26. The second-order valence-electron chi connectivity index (χ2n) is 7.60. The lowest BCUT2D eigenvalue weighted by atomic mass is 9.98. The van der Waals surface area contributed by atoms with E-state index in [-0.39, 0.29) is 24.0 Å². The first-order valence-electron chi connectivity index (χ1n) is 10.1. The standard InChI is InChI=1S/C19H39N5O.HI/c1-5-25-18(16-8-6-7-9-16)10-11-21-19(20-2)22-14-17-15-23(3)12-13-24(17)4;/h16-18H,5-15H2,1-4H3,(H2,20,21,22);1H. The zero-order valence-electron chi connectivity index (χ0n) is 17.2. The third-order valence-corrected chi connectivity index (χ3v) is 5.74. The van der Waals surface area contributed by atoms with E-state index in [0.29, 0.717) is 12.1 Å². The van der Waals surface area contributed by atoms with E-state index in [9.17, 15) is 0 Å². The van der Waals surface area contributed by atoms with Crippen molar-refractivity contribution in [3.63, 3.8) is 0 Å². The molecule has 0 radical (unpaired) electrons. The van der Waals surface area contributed by atoms with Gasteiger partial charge >= 0.3 is 0 Å². The van der Waals surface area contributed by atoms with Gasteiger partial charge in [0.25, 0.3) is 0 Å². The molecule has 0 aromatic heterocycles. The number of aliphatic imine (C=N–C) groups is 1. The van der Waals surface area contributed by atoms with Gasteiger partial charge in [-0.3, -0.25) is 9.89 Å². The Balaban J connectivity index is 0.00000338. The molecule has 0 bridgehead atoms. The number of nitrogens with zero attached hydrogens (tertiary/aromatic N) is 3. The molecule has 1 aliphatic carbocycles. The molecule has 154 valence electrons. The molecule has 2 atom stereocenters. The van der Waals surface area contributed by atoms with Crippen LogP contribution in [0.25, 0.3) is 0 Å². The maximum absolute atomic E-state index is 6.01. The lowest BCUT2D eigenvalue weighted by molar-refractivity contribution is 0.0169. The zero-order chi connectivity index (χ0) is 18.1. The molecule has 2 N–H and O–H groups in total. The molecule has 1 aliphatic heterocycles. The topological polar surface area (TPSA) is 52.1 Å². The number of hydrogen-bond acceptors (Lipinski definition) is 4. The monoisotopic (exact) mass is 481 g/mol. The zero-order valence-corrected chi connectivity index (χ0v) is 19.5. The largest absolute Gasteiger partial charge is 0.378 e. The Hall–Kier alpha value is -0.120. The van der Waals surface area contributed by atoms with Gasteiger partial charge in [0.2, 0.25) is 0 Å². The second kappa shape index (κ2) is 13.1. The molecule has 2 rings (SSSR count). The highest BCUT2D eigenvalue weighted by atomic mass is 127. The normalized spacial score (nSPS) is 24.3. The minimum Gasteiger partial charge on any atom is -0.378 e. The first kappa shape index (κ1) is 23.9. The molecule has 2 fully saturated rings. The van der Waals surface area contributed by atoms with Crippen LogP contribution >= 0.6 is 24.0 Å². The highest BCUT2D eigenvalue weighted by molar-refractivity contribution is 14.0. The van der Waals surface area contributed by atoms with Crippen LogP contribution in [0.15, 0.2) is 4.99 Å². The summed E-state index contributed by atoms with van der Waals surface area (Å²) in [6.45, 7) is 8.16. The summed E-state index contributed by atoms with van der Waals surface area (Å²) in [5.41, 5.74) is 0. The summed E-state index contributed by atoms with van der Waals surface area (Å²) in [6, 6.07) is 0.534. The van der Waals surface area contributed by atoms with Gasteiger partial charge in [-0.1, -0.05) is 12.8 Å². The smallest absolute Gasteiger partial charge is 0.191 e. The van der Waals surface area contributed by atoms with Crippen LogP contribution in [-0.2, 0) is 4.74 Å². The van der Waals surface area contributed by atoms with Gasteiger partial charge in [-0.15, -0.1) is 24.0 Å². The minimum atomic E-state index is 0. The lowest BCUT2D eigenvalue weighted by Crippen LogP contribution is -2.55. The van der Waals surface area contributed by atoms with Crippen molar-refractivity contribution in [3.05, 3.63) is 0 Å².